The summed E-state index contributed by atoms with van der Waals surface area (Å²) in [6, 6.07) is 11.5. The third-order valence-corrected chi connectivity index (χ3v) is 5.43. The van der Waals surface area contributed by atoms with Crippen LogP contribution in [0.15, 0.2) is 36.4 Å². The van der Waals surface area contributed by atoms with Gasteiger partial charge in [-0.05, 0) is 60.6 Å². The van der Waals surface area contributed by atoms with Gasteiger partial charge in [0.2, 0.25) is 0 Å². The van der Waals surface area contributed by atoms with Crippen molar-refractivity contribution in [3.8, 4) is 0 Å². The maximum Gasteiger partial charge on any atom is 0.0405 e. The maximum atomic E-state index is 2.40. The maximum absolute atomic E-state index is 2.40. The van der Waals surface area contributed by atoms with Crippen LogP contribution in [0, 0.1) is 13.8 Å². The topological polar surface area (TPSA) is 3.24 Å². The quantitative estimate of drug-likeness (QED) is 0.612. The number of nitrogens with zero attached hydrogens (tertiary/aromatic N) is 1. The van der Waals surface area contributed by atoms with Gasteiger partial charge in [0.15, 0.2) is 0 Å². The molecule has 0 saturated heterocycles. The lowest BCUT2D eigenvalue weighted by atomic mass is 9.89. The highest BCUT2D eigenvalue weighted by atomic mass is 15.1. The number of anilines is 1. The van der Waals surface area contributed by atoms with Crippen LogP contribution in [0.25, 0.3) is 6.08 Å². The Balaban J connectivity index is 2.09. The number of unbranched alkanes of at least 4 members (excludes halogenated alkanes) is 2. The molecule has 0 radical (unpaired) electrons. The molecule has 3 rings (SSSR count). The van der Waals surface area contributed by atoms with Crippen LogP contribution in [0.5, 0.6) is 0 Å². The zero-order valence-corrected chi connectivity index (χ0v) is 16.2. The molecule has 0 unspecified atom stereocenters. The minimum atomic E-state index is 0.956. The van der Waals surface area contributed by atoms with Crippen molar-refractivity contribution in [2.45, 2.75) is 52.9 Å². The Morgan fingerprint density at radius 2 is 1.88 bits per heavy atom. The largest absolute Gasteiger partial charge is 0.371 e. The highest BCUT2D eigenvalue weighted by molar-refractivity contribution is 5.65. The number of hydrogen-bond acceptors (Lipinski definition) is 1. The lowest BCUT2D eigenvalue weighted by Crippen LogP contribution is -2.19. The SMILES string of the molecule is CCCCCc1c(C)ccc2c1Cc1ccc(C)cc1/C=C\CN2C. The van der Waals surface area contributed by atoms with E-state index >= 15 is 0 Å². The van der Waals surface area contributed by atoms with Crippen LogP contribution in [-0.2, 0) is 12.8 Å². The molecule has 25 heavy (non-hydrogen) atoms. The Hall–Kier alpha value is -2.02. The summed E-state index contributed by atoms with van der Waals surface area (Å²) in [6.07, 6.45) is 10.7. The summed E-state index contributed by atoms with van der Waals surface area (Å²) in [6.45, 7) is 7.70. The highest BCUT2D eigenvalue weighted by Gasteiger charge is 2.16. The predicted molar refractivity (Wildman–Crippen MR) is 111 cm³/mol. The summed E-state index contributed by atoms with van der Waals surface area (Å²) in [5.41, 5.74) is 10.1. The monoisotopic (exact) mass is 333 g/mol. The van der Waals surface area contributed by atoms with Gasteiger partial charge in [0.05, 0.1) is 0 Å². The van der Waals surface area contributed by atoms with E-state index in [2.05, 4.69) is 75.2 Å². The molecule has 1 aliphatic heterocycles. The van der Waals surface area contributed by atoms with Gasteiger partial charge in [-0.25, -0.2) is 0 Å². The van der Waals surface area contributed by atoms with Crippen molar-refractivity contribution in [1.29, 1.82) is 0 Å². The summed E-state index contributed by atoms with van der Waals surface area (Å²) in [7, 11) is 2.22. The molecule has 1 heterocycles. The number of fused-ring (bicyclic) bond motifs is 2. The summed E-state index contributed by atoms with van der Waals surface area (Å²) in [4.78, 5) is 2.40. The van der Waals surface area contributed by atoms with Crippen molar-refractivity contribution in [3.05, 3.63) is 69.8 Å². The number of hydrogen-bond donors (Lipinski definition) is 0. The van der Waals surface area contributed by atoms with E-state index in [9.17, 15) is 0 Å². The van der Waals surface area contributed by atoms with Gasteiger partial charge in [0, 0.05) is 25.7 Å². The van der Waals surface area contributed by atoms with Gasteiger partial charge in [-0.15, -0.1) is 0 Å². The Labute approximate surface area is 153 Å². The number of aryl methyl sites for hydroxylation is 2. The second-order valence-electron chi connectivity index (χ2n) is 7.48. The van der Waals surface area contributed by atoms with E-state index in [1.165, 1.54) is 59.2 Å². The van der Waals surface area contributed by atoms with Crippen LogP contribution < -0.4 is 4.90 Å². The number of benzene rings is 2. The Bertz CT molecular complexity index is 770. The zero-order valence-electron chi connectivity index (χ0n) is 16.2. The zero-order chi connectivity index (χ0) is 17.8. The van der Waals surface area contributed by atoms with Crippen molar-refractivity contribution >= 4 is 11.8 Å². The van der Waals surface area contributed by atoms with Crippen molar-refractivity contribution in [2.75, 3.05) is 18.5 Å². The van der Waals surface area contributed by atoms with Crippen molar-refractivity contribution < 1.29 is 0 Å². The summed E-state index contributed by atoms with van der Waals surface area (Å²) in [5, 5.41) is 0. The van der Waals surface area contributed by atoms with Crippen molar-refractivity contribution in [3.63, 3.8) is 0 Å². The molecule has 2 aromatic carbocycles. The standard InChI is InChI=1S/C24H31N/c1-5-6-7-10-22-19(3)12-14-24-23(22)17-21-13-11-18(2)16-20(21)9-8-15-25(24)4/h8-9,11-14,16H,5-7,10,15,17H2,1-4H3/b9-8-. The van der Waals surface area contributed by atoms with Gasteiger partial charge in [0.1, 0.15) is 0 Å². The molecular weight excluding hydrogens is 302 g/mol. The predicted octanol–water partition coefficient (Wildman–Crippen LogP) is 6.09. The van der Waals surface area contributed by atoms with Gasteiger partial charge in [-0.2, -0.15) is 0 Å². The van der Waals surface area contributed by atoms with Gasteiger partial charge < -0.3 is 4.90 Å². The molecule has 0 N–H and O–H groups in total. The fourth-order valence-electron chi connectivity index (χ4n) is 3.91. The van der Waals surface area contributed by atoms with Gasteiger partial charge in [-0.3, -0.25) is 0 Å². The second kappa shape index (κ2) is 7.91. The van der Waals surface area contributed by atoms with Crippen LogP contribution in [0.1, 0.15) is 59.6 Å². The minimum absolute atomic E-state index is 0.956. The number of likely N-dealkylation sites (N-methyl/N-ethyl adjacent to an activating group) is 1. The Morgan fingerprint density at radius 3 is 2.68 bits per heavy atom. The average Bonchev–Trinajstić information content (AvgIpc) is 2.65. The first kappa shape index (κ1) is 17.8. The molecule has 1 aliphatic rings. The highest BCUT2D eigenvalue weighted by Crippen LogP contribution is 2.32. The fourth-order valence-corrected chi connectivity index (χ4v) is 3.91. The van der Waals surface area contributed by atoms with Crippen LogP contribution in [0.2, 0.25) is 0 Å². The van der Waals surface area contributed by atoms with Gasteiger partial charge in [-0.1, -0.05) is 61.7 Å². The lowest BCUT2D eigenvalue weighted by molar-refractivity contribution is 0.711. The third kappa shape index (κ3) is 3.98. The first-order valence-corrected chi connectivity index (χ1v) is 9.68. The van der Waals surface area contributed by atoms with E-state index in [-0.39, 0.29) is 0 Å². The molecule has 132 valence electrons. The summed E-state index contributed by atoms with van der Waals surface area (Å²) in [5.74, 6) is 0. The molecule has 0 bridgehead atoms. The van der Waals surface area contributed by atoms with Crippen LogP contribution >= 0.6 is 0 Å². The van der Waals surface area contributed by atoms with E-state index in [4.69, 9.17) is 0 Å². The van der Waals surface area contributed by atoms with E-state index < -0.39 is 0 Å². The lowest BCUT2D eigenvalue weighted by Gasteiger charge is -2.24. The molecule has 0 amide bonds. The van der Waals surface area contributed by atoms with Gasteiger partial charge in [0.25, 0.3) is 0 Å². The molecular formula is C24H31N. The van der Waals surface area contributed by atoms with Crippen molar-refractivity contribution in [2.24, 2.45) is 0 Å². The normalized spacial score (nSPS) is 15.0. The summed E-state index contributed by atoms with van der Waals surface area (Å²) < 4.78 is 0. The molecule has 1 nitrogen and oxygen atoms in total. The van der Waals surface area contributed by atoms with E-state index in [0.717, 1.165) is 13.0 Å². The first-order valence-electron chi connectivity index (χ1n) is 9.68. The van der Waals surface area contributed by atoms with Crippen molar-refractivity contribution in [1.82, 2.24) is 0 Å². The van der Waals surface area contributed by atoms with Crippen LogP contribution in [0.3, 0.4) is 0 Å². The Morgan fingerprint density at radius 1 is 1.04 bits per heavy atom. The molecule has 0 fully saturated rings. The van der Waals surface area contributed by atoms with Gasteiger partial charge >= 0.3 is 0 Å². The molecule has 0 spiro atoms. The molecule has 0 atom stereocenters. The van der Waals surface area contributed by atoms with Crippen LogP contribution in [0.4, 0.5) is 5.69 Å². The molecule has 1 heteroatoms. The summed E-state index contributed by atoms with van der Waals surface area (Å²) >= 11 is 0. The first-order chi connectivity index (χ1) is 12.1. The molecule has 0 aliphatic carbocycles. The van der Waals surface area contributed by atoms with Crippen LogP contribution in [-0.4, -0.2) is 13.6 Å². The Kier molecular flexibility index (Phi) is 5.63. The third-order valence-electron chi connectivity index (χ3n) is 5.43. The number of rotatable bonds is 4. The van der Waals surface area contributed by atoms with E-state index in [1.807, 2.05) is 0 Å². The minimum Gasteiger partial charge on any atom is -0.371 e. The molecule has 0 saturated carbocycles. The average molecular weight is 334 g/mol. The fraction of sp³-hybridized carbons (Fsp3) is 0.417. The molecule has 0 aromatic heterocycles. The second-order valence-corrected chi connectivity index (χ2v) is 7.48. The van der Waals surface area contributed by atoms with E-state index in [1.54, 1.807) is 5.56 Å². The smallest absolute Gasteiger partial charge is 0.0405 e. The van der Waals surface area contributed by atoms with E-state index in [0.29, 0.717) is 0 Å². The molecule has 2 aromatic rings.